The Morgan fingerprint density at radius 1 is 1.40 bits per heavy atom. The van der Waals surface area contributed by atoms with Crippen molar-refractivity contribution in [2.24, 2.45) is 0 Å². The summed E-state index contributed by atoms with van der Waals surface area (Å²) in [6.07, 6.45) is 3.62. The Morgan fingerprint density at radius 2 is 2.15 bits per heavy atom. The highest BCUT2D eigenvalue weighted by Gasteiger charge is 2.15. The molecule has 0 bridgehead atoms. The van der Waals surface area contributed by atoms with Gasteiger partial charge < -0.3 is 10.6 Å². The molecule has 1 amide bonds. The maximum atomic E-state index is 12.2. The molecular weight excluding hydrogens is 282 g/mol. The normalized spacial score (nSPS) is 18.4. The zero-order chi connectivity index (χ0) is 14.4. The topological polar surface area (TPSA) is 41.1 Å². The number of hydrogen-bond acceptors (Lipinski definition) is 3. The molecule has 0 saturated carbocycles. The standard InChI is InChI=1S/C14H18F2N2OS/c15-14(16)20-12-6-3-11(4-7-12)18-13(19)8-5-10-2-1-9-17-10/h3-4,6-7,10,14,17H,1-2,5,8-9H2,(H,18,19). The zero-order valence-electron chi connectivity index (χ0n) is 11.1. The van der Waals surface area contributed by atoms with Crippen molar-refractivity contribution in [3.05, 3.63) is 24.3 Å². The van der Waals surface area contributed by atoms with Crippen molar-refractivity contribution in [2.45, 2.75) is 42.4 Å². The Kier molecular flexibility index (Phi) is 5.79. The van der Waals surface area contributed by atoms with E-state index in [4.69, 9.17) is 0 Å². The predicted molar refractivity (Wildman–Crippen MR) is 77.2 cm³/mol. The van der Waals surface area contributed by atoms with Crippen molar-refractivity contribution < 1.29 is 13.6 Å². The summed E-state index contributed by atoms with van der Waals surface area (Å²) in [5.74, 6) is -2.46. The summed E-state index contributed by atoms with van der Waals surface area (Å²) in [6.45, 7) is 1.04. The molecule has 0 aliphatic carbocycles. The summed E-state index contributed by atoms with van der Waals surface area (Å²) < 4.78 is 24.3. The van der Waals surface area contributed by atoms with E-state index >= 15 is 0 Å². The largest absolute Gasteiger partial charge is 0.326 e. The molecule has 1 aliphatic heterocycles. The van der Waals surface area contributed by atoms with E-state index in [1.807, 2.05) is 0 Å². The van der Waals surface area contributed by atoms with Crippen LogP contribution in [0.25, 0.3) is 0 Å². The van der Waals surface area contributed by atoms with E-state index < -0.39 is 5.76 Å². The van der Waals surface area contributed by atoms with E-state index in [1.165, 1.54) is 6.42 Å². The maximum Gasteiger partial charge on any atom is 0.288 e. The minimum Gasteiger partial charge on any atom is -0.326 e. The Bertz CT molecular complexity index is 433. The second-order valence-electron chi connectivity index (χ2n) is 4.78. The number of carbonyl (C=O) groups is 1. The quantitative estimate of drug-likeness (QED) is 0.790. The predicted octanol–water partition coefficient (Wildman–Crippen LogP) is 3.47. The van der Waals surface area contributed by atoms with Crippen LogP contribution in [0.5, 0.6) is 0 Å². The number of rotatable bonds is 6. The van der Waals surface area contributed by atoms with Crippen molar-refractivity contribution in [1.29, 1.82) is 0 Å². The lowest BCUT2D eigenvalue weighted by Gasteiger charge is -2.10. The van der Waals surface area contributed by atoms with Gasteiger partial charge in [-0.2, -0.15) is 8.78 Å². The summed E-state index contributed by atoms with van der Waals surface area (Å²) >= 11 is 0.499. The first-order chi connectivity index (χ1) is 9.63. The van der Waals surface area contributed by atoms with Gasteiger partial charge in [-0.25, -0.2) is 0 Å². The molecule has 1 unspecified atom stereocenters. The Balaban J connectivity index is 1.75. The molecule has 1 aromatic carbocycles. The van der Waals surface area contributed by atoms with Crippen LogP contribution in [0, 0.1) is 0 Å². The van der Waals surface area contributed by atoms with Crippen molar-refractivity contribution in [3.8, 4) is 0 Å². The van der Waals surface area contributed by atoms with Crippen LogP contribution in [0.2, 0.25) is 0 Å². The molecule has 20 heavy (non-hydrogen) atoms. The fourth-order valence-corrected chi connectivity index (χ4v) is 2.75. The monoisotopic (exact) mass is 300 g/mol. The van der Waals surface area contributed by atoms with Crippen LogP contribution in [0.3, 0.4) is 0 Å². The number of hydrogen-bond donors (Lipinski definition) is 2. The molecule has 1 aromatic rings. The van der Waals surface area contributed by atoms with Crippen molar-refractivity contribution in [3.63, 3.8) is 0 Å². The van der Waals surface area contributed by atoms with Crippen molar-refractivity contribution in [2.75, 3.05) is 11.9 Å². The highest BCUT2D eigenvalue weighted by Crippen LogP contribution is 2.26. The fraction of sp³-hybridized carbons (Fsp3) is 0.500. The number of benzene rings is 1. The lowest BCUT2D eigenvalue weighted by Crippen LogP contribution is -2.23. The molecule has 110 valence electrons. The third-order valence-electron chi connectivity index (χ3n) is 3.25. The molecule has 0 radical (unpaired) electrons. The third kappa shape index (κ3) is 5.09. The van der Waals surface area contributed by atoms with Crippen LogP contribution in [-0.4, -0.2) is 24.3 Å². The molecule has 1 aliphatic rings. The molecule has 2 rings (SSSR count). The van der Waals surface area contributed by atoms with Gasteiger partial charge in [0.1, 0.15) is 0 Å². The number of anilines is 1. The molecule has 1 saturated heterocycles. The number of thioether (sulfide) groups is 1. The molecule has 1 atom stereocenters. The molecule has 1 fully saturated rings. The smallest absolute Gasteiger partial charge is 0.288 e. The zero-order valence-corrected chi connectivity index (χ0v) is 11.9. The average molecular weight is 300 g/mol. The molecule has 0 aromatic heterocycles. The summed E-state index contributed by atoms with van der Waals surface area (Å²) in [6, 6.07) is 6.92. The molecular formula is C14H18F2N2OS. The summed E-state index contributed by atoms with van der Waals surface area (Å²) in [7, 11) is 0. The van der Waals surface area contributed by atoms with Gasteiger partial charge in [0, 0.05) is 23.0 Å². The van der Waals surface area contributed by atoms with E-state index in [0.29, 0.717) is 34.8 Å². The van der Waals surface area contributed by atoms with Gasteiger partial charge in [0.05, 0.1) is 0 Å². The second-order valence-corrected chi connectivity index (χ2v) is 5.85. The molecule has 1 heterocycles. The second kappa shape index (κ2) is 7.59. The van der Waals surface area contributed by atoms with Crippen LogP contribution >= 0.6 is 11.8 Å². The van der Waals surface area contributed by atoms with Gasteiger partial charge in [0.2, 0.25) is 5.91 Å². The molecule has 2 N–H and O–H groups in total. The first-order valence-corrected chi connectivity index (χ1v) is 7.59. The van der Waals surface area contributed by atoms with E-state index in [2.05, 4.69) is 10.6 Å². The summed E-state index contributed by atoms with van der Waals surface area (Å²) in [4.78, 5) is 12.3. The van der Waals surface area contributed by atoms with Gasteiger partial charge in [-0.15, -0.1) is 0 Å². The average Bonchev–Trinajstić information content (AvgIpc) is 2.91. The Morgan fingerprint density at radius 3 is 2.75 bits per heavy atom. The van der Waals surface area contributed by atoms with Gasteiger partial charge in [0.15, 0.2) is 0 Å². The Labute approximate surface area is 121 Å². The first kappa shape index (κ1) is 15.3. The lowest BCUT2D eigenvalue weighted by atomic mass is 10.1. The lowest BCUT2D eigenvalue weighted by molar-refractivity contribution is -0.116. The van der Waals surface area contributed by atoms with E-state index in [1.54, 1.807) is 24.3 Å². The summed E-state index contributed by atoms with van der Waals surface area (Å²) in [5, 5.41) is 6.13. The fourth-order valence-electron chi connectivity index (χ4n) is 2.25. The Hall–Kier alpha value is -1.14. The number of nitrogens with one attached hydrogen (secondary N) is 2. The molecule has 6 heteroatoms. The van der Waals surface area contributed by atoms with E-state index in [-0.39, 0.29) is 5.91 Å². The highest BCUT2D eigenvalue weighted by atomic mass is 32.2. The number of halogens is 2. The molecule has 0 spiro atoms. The maximum absolute atomic E-state index is 12.2. The molecule has 3 nitrogen and oxygen atoms in total. The highest BCUT2D eigenvalue weighted by molar-refractivity contribution is 7.99. The number of alkyl halides is 2. The minimum atomic E-state index is -2.42. The van der Waals surface area contributed by atoms with E-state index in [0.717, 1.165) is 19.4 Å². The minimum absolute atomic E-state index is 0.0343. The van der Waals surface area contributed by atoms with E-state index in [9.17, 15) is 13.6 Å². The van der Waals surface area contributed by atoms with Gasteiger partial charge in [-0.3, -0.25) is 4.79 Å². The number of carbonyl (C=O) groups excluding carboxylic acids is 1. The van der Waals surface area contributed by atoms with Gasteiger partial charge in [0.25, 0.3) is 5.76 Å². The third-order valence-corrected chi connectivity index (χ3v) is 3.97. The van der Waals surface area contributed by atoms with Crippen molar-refractivity contribution >= 4 is 23.4 Å². The van der Waals surface area contributed by atoms with Gasteiger partial charge >= 0.3 is 0 Å². The SMILES string of the molecule is O=C(CCC1CCCN1)Nc1ccc(SC(F)F)cc1. The number of amides is 1. The van der Waals surface area contributed by atoms with Crippen molar-refractivity contribution in [1.82, 2.24) is 5.32 Å². The summed E-state index contributed by atoms with van der Waals surface area (Å²) in [5.41, 5.74) is 0.646. The van der Waals surface area contributed by atoms with Crippen LogP contribution in [0.1, 0.15) is 25.7 Å². The van der Waals surface area contributed by atoms with Crippen LogP contribution in [-0.2, 0) is 4.79 Å². The van der Waals surface area contributed by atoms with Gasteiger partial charge in [-0.05, 0) is 50.1 Å². The van der Waals surface area contributed by atoms with Crippen LogP contribution < -0.4 is 10.6 Å². The van der Waals surface area contributed by atoms with Crippen LogP contribution in [0.15, 0.2) is 29.2 Å². The van der Waals surface area contributed by atoms with Gasteiger partial charge in [-0.1, -0.05) is 11.8 Å². The first-order valence-electron chi connectivity index (χ1n) is 6.71. The van der Waals surface area contributed by atoms with Crippen LogP contribution in [0.4, 0.5) is 14.5 Å².